The molecule has 1 N–H and O–H groups in total. The third-order valence-electron chi connectivity index (χ3n) is 8.01. The first kappa shape index (κ1) is 21.3. The summed E-state index contributed by atoms with van der Waals surface area (Å²) in [6, 6.07) is 18.5. The first-order valence-corrected chi connectivity index (χ1v) is 12.9. The number of carbonyl (C=O) groups excluding carboxylic acids is 2. The molecule has 1 spiro atoms. The van der Waals surface area contributed by atoms with Crippen LogP contribution in [0, 0.1) is 11.8 Å². The fourth-order valence-corrected chi connectivity index (χ4v) is 5.74. The van der Waals surface area contributed by atoms with Crippen molar-refractivity contribution in [2.24, 2.45) is 11.8 Å². The molecule has 35 heavy (non-hydrogen) atoms. The Morgan fingerprint density at radius 3 is 2.46 bits per heavy atom. The van der Waals surface area contributed by atoms with Crippen LogP contribution in [0.1, 0.15) is 37.4 Å². The van der Waals surface area contributed by atoms with Crippen molar-refractivity contribution in [2.45, 2.75) is 37.4 Å². The van der Waals surface area contributed by atoms with Crippen LogP contribution in [0.15, 0.2) is 54.6 Å². The van der Waals surface area contributed by atoms with Gasteiger partial charge in [0.2, 0.25) is 11.8 Å². The Labute approximate surface area is 209 Å². The number of nitrogens with zero attached hydrogens (tertiary/aromatic N) is 3. The number of amides is 2. The van der Waals surface area contributed by atoms with Gasteiger partial charge in [0.1, 0.15) is 16.9 Å². The molecule has 178 valence electrons. The minimum Gasteiger partial charge on any atom is -0.342 e. The molecule has 4 fully saturated rings. The van der Waals surface area contributed by atoms with E-state index in [9.17, 15) is 9.59 Å². The third kappa shape index (κ3) is 3.71. The van der Waals surface area contributed by atoms with E-state index in [0.717, 1.165) is 66.4 Å². The first-order valence-electron chi connectivity index (χ1n) is 12.5. The van der Waals surface area contributed by atoms with Crippen molar-refractivity contribution in [3.8, 4) is 11.1 Å². The van der Waals surface area contributed by atoms with Crippen LogP contribution < -0.4 is 5.32 Å². The van der Waals surface area contributed by atoms with Crippen molar-refractivity contribution in [1.82, 2.24) is 20.1 Å². The molecule has 6 nitrogen and oxygen atoms in total. The maximum absolute atomic E-state index is 13.3. The molecule has 1 atom stereocenters. The standard InChI is InChI=1S/C28H27ClN4O2/c29-24-10-9-19-3-8-22(13-23(19)30-24)18-1-4-20(5-2-18)25-31-28(11-12-28)27(35)33(25)16-17-14-32(15-17)26(34)21-6-7-21/h1-5,8-10,13,17,21,25,31H,6-7,11-12,14-16H2. The highest BCUT2D eigenvalue weighted by atomic mass is 35.5. The highest BCUT2D eigenvalue weighted by molar-refractivity contribution is 6.29. The number of hydrogen-bond acceptors (Lipinski definition) is 4. The van der Waals surface area contributed by atoms with Crippen LogP contribution in [-0.2, 0) is 9.59 Å². The van der Waals surface area contributed by atoms with Crippen molar-refractivity contribution in [3.63, 3.8) is 0 Å². The van der Waals surface area contributed by atoms with Crippen LogP contribution in [0.4, 0.5) is 0 Å². The summed E-state index contributed by atoms with van der Waals surface area (Å²) in [5, 5.41) is 5.18. The predicted molar refractivity (Wildman–Crippen MR) is 135 cm³/mol. The molecule has 2 aliphatic carbocycles. The number of rotatable bonds is 5. The van der Waals surface area contributed by atoms with E-state index in [-0.39, 0.29) is 23.5 Å². The van der Waals surface area contributed by atoms with Crippen LogP contribution >= 0.6 is 11.6 Å². The summed E-state index contributed by atoms with van der Waals surface area (Å²) in [6.45, 7) is 2.25. The Kier molecular flexibility index (Phi) is 4.74. The summed E-state index contributed by atoms with van der Waals surface area (Å²) in [5.41, 5.74) is 3.78. The molecule has 2 amide bonds. The number of carbonyl (C=O) groups is 2. The number of nitrogens with one attached hydrogen (secondary N) is 1. The molecule has 2 aliphatic heterocycles. The molecule has 1 aromatic heterocycles. The van der Waals surface area contributed by atoms with E-state index >= 15 is 0 Å². The number of fused-ring (bicyclic) bond motifs is 1. The zero-order valence-corrected chi connectivity index (χ0v) is 20.2. The molecule has 0 radical (unpaired) electrons. The van der Waals surface area contributed by atoms with Gasteiger partial charge in [-0.2, -0.15) is 0 Å². The fraction of sp³-hybridized carbons (Fsp3) is 0.393. The Morgan fingerprint density at radius 1 is 1.03 bits per heavy atom. The van der Waals surface area contributed by atoms with E-state index < -0.39 is 0 Å². The molecule has 2 aromatic carbocycles. The Hall–Kier alpha value is -2.96. The monoisotopic (exact) mass is 486 g/mol. The minimum absolute atomic E-state index is 0.121. The highest BCUT2D eigenvalue weighted by Crippen LogP contribution is 2.46. The third-order valence-corrected chi connectivity index (χ3v) is 8.22. The van der Waals surface area contributed by atoms with E-state index in [1.54, 1.807) is 6.07 Å². The SMILES string of the molecule is O=C(C1CC1)N1CC(CN2C(=O)C3(CC3)NC2c2ccc(-c3ccc4ccc(Cl)nc4c3)cc2)C1. The van der Waals surface area contributed by atoms with Crippen molar-refractivity contribution in [1.29, 1.82) is 0 Å². The van der Waals surface area contributed by atoms with Gasteiger partial charge in [0.05, 0.1) is 5.52 Å². The molecule has 3 aromatic rings. The van der Waals surface area contributed by atoms with Gasteiger partial charge in [0.15, 0.2) is 0 Å². The second-order valence-electron chi connectivity index (χ2n) is 10.6. The maximum atomic E-state index is 13.3. The van der Waals surface area contributed by atoms with E-state index in [1.807, 2.05) is 15.9 Å². The molecular formula is C28H27ClN4O2. The van der Waals surface area contributed by atoms with Crippen LogP contribution in [-0.4, -0.2) is 51.8 Å². The van der Waals surface area contributed by atoms with Crippen LogP contribution in [0.2, 0.25) is 5.15 Å². The van der Waals surface area contributed by atoms with Crippen molar-refractivity contribution in [3.05, 3.63) is 65.3 Å². The topological polar surface area (TPSA) is 65.5 Å². The van der Waals surface area contributed by atoms with Gasteiger partial charge in [-0.05, 0) is 60.6 Å². The van der Waals surface area contributed by atoms with E-state index in [0.29, 0.717) is 23.5 Å². The summed E-state index contributed by atoms with van der Waals surface area (Å²) in [7, 11) is 0. The average molecular weight is 487 g/mol. The zero-order chi connectivity index (χ0) is 23.7. The molecule has 3 heterocycles. The first-order chi connectivity index (χ1) is 17.0. The van der Waals surface area contributed by atoms with Gasteiger partial charge in [0, 0.05) is 36.9 Å². The molecule has 7 rings (SSSR count). The molecule has 2 saturated heterocycles. The lowest BCUT2D eigenvalue weighted by Gasteiger charge is -2.42. The summed E-state index contributed by atoms with van der Waals surface area (Å²) in [5.74, 6) is 1.15. The predicted octanol–water partition coefficient (Wildman–Crippen LogP) is 4.39. The number of hydrogen-bond donors (Lipinski definition) is 1. The molecule has 7 heteroatoms. The number of benzene rings is 2. The second kappa shape index (κ2) is 7.77. The number of halogens is 1. The number of likely N-dealkylation sites (tertiary alicyclic amines) is 1. The smallest absolute Gasteiger partial charge is 0.244 e. The molecular weight excluding hydrogens is 460 g/mol. The van der Waals surface area contributed by atoms with Crippen molar-refractivity contribution < 1.29 is 9.59 Å². The molecule has 0 bridgehead atoms. The summed E-state index contributed by atoms with van der Waals surface area (Å²) in [4.78, 5) is 34.0. The fourth-order valence-electron chi connectivity index (χ4n) is 5.59. The van der Waals surface area contributed by atoms with Gasteiger partial charge in [-0.25, -0.2) is 4.98 Å². The van der Waals surface area contributed by atoms with Gasteiger partial charge in [0.25, 0.3) is 0 Å². The van der Waals surface area contributed by atoms with Crippen molar-refractivity contribution in [2.75, 3.05) is 19.6 Å². The quantitative estimate of drug-likeness (QED) is 0.543. The Balaban J connectivity index is 1.10. The molecule has 2 saturated carbocycles. The summed E-state index contributed by atoms with van der Waals surface area (Å²) >= 11 is 6.09. The van der Waals surface area contributed by atoms with Gasteiger partial charge >= 0.3 is 0 Å². The Morgan fingerprint density at radius 2 is 1.74 bits per heavy atom. The van der Waals surface area contributed by atoms with Crippen molar-refractivity contribution >= 4 is 34.3 Å². The van der Waals surface area contributed by atoms with E-state index in [4.69, 9.17) is 11.6 Å². The zero-order valence-electron chi connectivity index (χ0n) is 19.4. The Bertz CT molecular complexity index is 1340. The molecule has 4 aliphatic rings. The summed E-state index contributed by atoms with van der Waals surface area (Å²) < 4.78 is 0. The maximum Gasteiger partial charge on any atom is 0.244 e. The van der Waals surface area contributed by atoms with E-state index in [2.05, 4.69) is 52.8 Å². The van der Waals surface area contributed by atoms with Crippen LogP contribution in [0.3, 0.4) is 0 Å². The minimum atomic E-state index is -0.375. The lowest BCUT2D eigenvalue weighted by atomic mass is 9.97. The van der Waals surface area contributed by atoms with Gasteiger partial charge < -0.3 is 9.80 Å². The highest BCUT2D eigenvalue weighted by Gasteiger charge is 2.59. The normalized spacial score (nSPS) is 23.2. The van der Waals surface area contributed by atoms with Gasteiger partial charge in [-0.15, -0.1) is 0 Å². The van der Waals surface area contributed by atoms with Crippen LogP contribution in [0.5, 0.6) is 0 Å². The largest absolute Gasteiger partial charge is 0.342 e. The molecule has 1 unspecified atom stereocenters. The van der Waals surface area contributed by atoms with E-state index in [1.165, 1.54) is 0 Å². The summed E-state index contributed by atoms with van der Waals surface area (Å²) in [6.07, 6.45) is 3.77. The lowest BCUT2D eigenvalue weighted by molar-refractivity contribution is -0.140. The van der Waals surface area contributed by atoms with Crippen LogP contribution in [0.25, 0.3) is 22.0 Å². The average Bonchev–Trinajstić information content (AvgIpc) is 3.76. The lowest BCUT2D eigenvalue weighted by Crippen LogP contribution is -2.55. The second-order valence-corrected chi connectivity index (χ2v) is 11.0. The van der Waals surface area contributed by atoms with Gasteiger partial charge in [-0.3, -0.25) is 14.9 Å². The number of aromatic nitrogens is 1. The number of pyridine rings is 1. The van der Waals surface area contributed by atoms with Gasteiger partial charge in [-0.1, -0.05) is 48.0 Å².